The summed E-state index contributed by atoms with van der Waals surface area (Å²) in [5, 5.41) is 2.02. The standard InChI is InChI=1S/C21H22F5N3OS/c1-11-5-14(29-4-3-15-16(10-29)31-19(27-15)21(24,25)26)6-12(2)18(11)28-17(30)7-13-8-20(22,23)9-13/h5-6,13H,3-4,7-10H2,1-2H3,(H,28,30). The minimum Gasteiger partial charge on any atom is -0.366 e. The molecule has 1 aromatic carbocycles. The molecule has 1 aliphatic heterocycles. The molecule has 0 saturated heterocycles. The van der Waals surface area contributed by atoms with Crippen molar-refractivity contribution in [3.05, 3.63) is 38.8 Å². The van der Waals surface area contributed by atoms with Crippen molar-refractivity contribution in [2.24, 2.45) is 5.92 Å². The van der Waals surface area contributed by atoms with E-state index in [4.69, 9.17) is 0 Å². The Morgan fingerprint density at radius 1 is 1.26 bits per heavy atom. The molecule has 4 nitrogen and oxygen atoms in total. The van der Waals surface area contributed by atoms with Gasteiger partial charge in [0.05, 0.1) is 12.2 Å². The lowest BCUT2D eigenvalue weighted by Crippen LogP contribution is -2.37. The summed E-state index contributed by atoms with van der Waals surface area (Å²) in [5.74, 6) is -3.23. The van der Waals surface area contributed by atoms with E-state index in [2.05, 4.69) is 10.3 Å². The third-order valence-corrected chi connectivity index (χ3v) is 6.90. The molecule has 0 spiro atoms. The number of rotatable bonds is 4. The first-order valence-electron chi connectivity index (χ1n) is 10.0. The van der Waals surface area contributed by atoms with Crippen molar-refractivity contribution in [3.63, 3.8) is 0 Å². The minimum absolute atomic E-state index is 0.0675. The van der Waals surface area contributed by atoms with E-state index in [9.17, 15) is 26.7 Å². The molecule has 1 aliphatic carbocycles. The number of carbonyl (C=O) groups is 1. The number of alkyl halides is 5. The second-order valence-corrected chi connectivity index (χ2v) is 9.48. The molecule has 0 bridgehead atoms. The average molecular weight is 459 g/mol. The Morgan fingerprint density at radius 3 is 2.48 bits per heavy atom. The van der Waals surface area contributed by atoms with E-state index in [0.717, 1.165) is 16.8 Å². The van der Waals surface area contributed by atoms with Crippen molar-refractivity contribution in [3.8, 4) is 0 Å². The zero-order chi connectivity index (χ0) is 22.6. The minimum atomic E-state index is -4.44. The molecule has 1 N–H and O–H groups in total. The number of nitrogens with one attached hydrogen (secondary N) is 1. The highest BCUT2D eigenvalue weighted by molar-refractivity contribution is 7.11. The van der Waals surface area contributed by atoms with Crippen molar-refractivity contribution in [1.29, 1.82) is 0 Å². The van der Waals surface area contributed by atoms with E-state index in [-0.39, 0.29) is 31.1 Å². The summed E-state index contributed by atoms with van der Waals surface area (Å²) in [6.45, 7) is 4.58. The third kappa shape index (κ3) is 4.68. The summed E-state index contributed by atoms with van der Waals surface area (Å²) in [7, 11) is 0. The number of carbonyl (C=O) groups excluding carboxylic acids is 1. The van der Waals surface area contributed by atoms with Crippen LogP contribution < -0.4 is 10.2 Å². The molecule has 2 aromatic rings. The SMILES string of the molecule is Cc1cc(N2CCc3nc(C(F)(F)F)sc3C2)cc(C)c1NC(=O)CC1CC(F)(F)C1. The van der Waals surface area contributed by atoms with Crippen LogP contribution in [0.2, 0.25) is 0 Å². The monoisotopic (exact) mass is 459 g/mol. The van der Waals surface area contributed by atoms with Crippen LogP contribution in [0.15, 0.2) is 12.1 Å². The highest BCUT2D eigenvalue weighted by Crippen LogP contribution is 2.44. The van der Waals surface area contributed by atoms with Gasteiger partial charge in [0.25, 0.3) is 0 Å². The smallest absolute Gasteiger partial charge is 0.366 e. The van der Waals surface area contributed by atoms with Gasteiger partial charge >= 0.3 is 6.18 Å². The van der Waals surface area contributed by atoms with Crippen LogP contribution in [0.1, 0.15) is 46.0 Å². The number of benzene rings is 1. The lowest BCUT2D eigenvalue weighted by Gasteiger charge is -2.34. The summed E-state index contributed by atoms with van der Waals surface area (Å²) in [6.07, 6.45) is -4.43. The van der Waals surface area contributed by atoms with Gasteiger partial charge in [-0.15, -0.1) is 11.3 Å². The number of nitrogens with zero attached hydrogens (tertiary/aromatic N) is 2. The van der Waals surface area contributed by atoms with Gasteiger partial charge in [0.1, 0.15) is 0 Å². The molecule has 10 heteroatoms. The predicted octanol–water partition coefficient (Wildman–Crippen LogP) is 5.72. The van der Waals surface area contributed by atoms with Crippen LogP contribution in [0.5, 0.6) is 0 Å². The van der Waals surface area contributed by atoms with Crippen LogP contribution in [0.25, 0.3) is 0 Å². The zero-order valence-corrected chi connectivity index (χ0v) is 17.9. The largest absolute Gasteiger partial charge is 0.443 e. The first-order valence-corrected chi connectivity index (χ1v) is 10.8. The molecule has 1 saturated carbocycles. The average Bonchev–Trinajstić information content (AvgIpc) is 3.06. The molecule has 0 atom stereocenters. The van der Waals surface area contributed by atoms with Crippen molar-refractivity contribution in [2.45, 2.75) is 58.2 Å². The van der Waals surface area contributed by atoms with Crippen LogP contribution in [0.4, 0.5) is 33.3 Å². The summed E-state index contributed by atoms with van der Waals surface area (Å²) in [5.41, 5.74) is 3.64. The zero-order valence-electron chi connectivity index (χ0n) is 17.1. The Hall–Kier alpha value is -2.23. The quantitative estimate of drug-likeness (QED) is 0.596. The summed E-state index contributed by atoms with van der Waals surface area (Å²) < 4.78 is 64.8. The second kappa shape index (κ2) is 7.72. The van der Waals surface area contributed by atoms with E-state index >= 15 is 0 Å². The number of aryl methyl sites for hydroxylation is 2. The first-order chi connectivity index (χ1) is 14.4. The number of anilines is 2. The second-order valence-electron chi connectivity index (χ2n) is 8.40. The summed E-state index contributed by atoms with van der Waals surface area (Å²) in [4.78, 5) is 18.6. The van der Waals surface area contributed by atoms with Crippen molar-refractivity contribution in [1.82, 2.24) is 4.98 Å². The molecule has 1 aromatic heterocycles. The molecule has 2 heterocycles. The van der Waals surface area contributed by atoms with Crippen LogP contribution in [0.3, 0.4) is 0 Å². The van der Waals surface area contributed by atoms with Gasteiger partial charge in [-0.1, -0.05) is 0 Å². The molecular formula is C21H22F5N3OS. The van der Waals surface area contributed by atoms with Gasteiger partial charge in [-0.25, -0.2) is 13.8 Å². The maximum Gasteiger partial charge on any atom is 0.443 e. The molecule has 168 valence electrons. The van der Waals surface area contributed by atoms with E-state index in [0.29, 0.717) is 47.1 Å². The molecule has 2 aliphatic rings. The molecule has 0 unspecified atom stereocenters. The Morgan fingerprint density at radius 2 is 1.90 bits per heavy atom. The molecule has 1 amide bonds. The maximum absolute atomic E-state index is 13.0. The van der Waals surface area contributed by atoms with Crippen LogP contribution >= 0.6 is 11.3 Å². The fraction of sp³-hybridized carbons (Fsp3) is 0.524. The number of amides is 1. The van der Waals surface area contributed by atoms with Crippen LogP contribution in [0, 0.1) is 19.8 Å². The Kier molecular flexibility index (Phi) is 5.47. The number of fused-ring (bicyclic) bond motifs is 1. The van der Waals surface area contributed by atoms with Gasteiger partial charge in [0.15, 0.2) is 5.01 Å². The topological polar surface area (TPSA) is 45.2 Å². The van der Waals surface area contributed by atoms with Gasteiger partial charge in [-0.2, -0.15) is 13.2 Å². The van der Waals surface area contributed by atoms with Crippen molar-refractivity contribution < 1.29 is 26.7 Å². The van der Waals surface area contributed by atoms with Gasteiger partial charge < -0.3 is 10.2 Å². The Bertz CT molecular complexity index is 986. The van der Waals surface area contributed by atoms with Crippen LogP contribution in [-0.2, 0) is 23.9 Å². The normalized spacial score (nSPS) is 18.5. The van der Waals surface area contributed by atoms with E-state index in [1.807, 2.05) is 30.9 Å². The van der Waals surface area contributed by atoms with Gasteiger partial charge in [0, 0.05) is 48.5 Å². The van der Waals surface area contributed by atoms with E-state index < -0.39 is 17.1 Å². The number of thiazole rings is 1. The molecule has 1 fully saturated rings. The Balaban J connectivity index is 1.45. The highest BCUT2D eigenvalue weighted by atomic mass is 32.1. The van der Waals surface area contributed by atoms with Gasteiger partial charge in [-0.05, 0) is 43.0 Å². The fourth-order valence-corrected chi connectivity index (χ4v) is 5.23. The van der Waals surface area contributed by atoms with Gasteiger partial charge in [-0.3, -0.25) is 4.79 Å². The molecular weight excluding hydrogens is 437 g/mol. The number of hydrogen-bond acceptors (Lipinski definition) is 4. The molecule has 4 rings (SSSR count). The van der Waals surface area contributed by atoms with E-state index in [1.54, 1.807) is 0 Å². The lowest BCUT2D eigenvalue weighted by atomic mass is 9.79. The molecule has 0 radical (unpaired) electrons. The number of aromatic nitrogens is 1. The maximum atomic E-state index is 13.0. The van der Waals surface area contributed by atoms with Crippen LogP contribution in [-0.4, -0.2) is 23.4 Å². The first kappa shape index (κ1) is 22.0. The lowest BCUT2D eigenvalue weighted by molar-refractivity contribution is -0.137. The number of hydrogen-bond donors (Lipinski definition) is 1. The van der Waals surface area contributed by atoms with Crippen molar-refractivity contribution >= 4 is 28.6 Å². The highest BCUT2D eigenvalue weighted by Gasteiger charge is 2.45. The van der Waals surface area contributed by atoms with Gasteiger partial charge in [0.2, 0.25) is 11.8 Å². The molecule has 31 heavy (non-hydrogen) atoms. The van der Waals surface area contributed by atoms with E-state index in [1.165, 1.54) is 0 Å². The van der Waals surface area contributed by atoms with Crippen molar-refractivity contribution in [2.75, 3.05) is 16.8 Å². The summed E-state index contributed by atoms with van der Waals surface area (Å²) in [6, 6.07) is 3.77. The third-order valence-electron chi connectivity index (χ3n) is 5.77. The Labute approximate surface area is 180 Å². The number of halogens is 5. The fourth-order valence-electron chi connectivity index (χ4n) is 4.24. The summed E-state index contributed by atoms with van der Waals surface area (Å²) >= 11 is 0.686. The predicted molar refractivity (Wildman–Crippen MR) is 109 cm³/mol.